The maximum Gasteiger partial charge on any atom is 0.223 e. The van der Waals surface area contributed by atoms with Crippen LogP contribution in [0, 0.1) is 0 Å². The van der Waals surface area contributed by atoms with E-state index in [9.17, 15) is 5.11 Å². The third-order valence-electron chi connectivity index (χ3n) is 5.08. The van der Waals surface area contributed by atoms with Gasteiger partial charge in [0, 0.05) is 24.3 Å². The second-order valence-electron chi connectivity index (χ2n) is 6.94. The molecule has 2 aliphatic rings. The van der Waals surface area contributed by atoms with Crippen molar-refractivity contribution in [1.82, 2.24) is 24.6 Å². The van der Waals surface area contributed by atoms with E-state index in [2.05, 4.69) is 25.3 Å². The Morgan fingerprint density at radius 1 is 1.28 bits per heavy atom. The smallest absolute Gasteiger partial charge is 0.223 e. The Hall–Kier alpha value is -1.70. The van der Waals surface area contributed by atoms with Gasteiger partial charge < -0.3 is 15.3 Å². The number of nitrogens with one attached hydrogen (secondary N) is 1. The van der Waals surface area contributed by atoms with Crippen LogP contribution in [0.3, 0.4) is 0 Å². The molecule has 134 valence electrons. The van der Waals surface area contributed by atoms with E-state index in [1.165, 1.54) is 5.69 Å². The molecule has 2 atom stereocenters. The molecule has 2 aliphatic heterocycles. The molecule has 1 saturated heterocycles. The van der Waals surface area contributed by atoms with E-state index < -0.39 is 6.10 Å². The number of halogens is 1. The summed E-state index contributed by atoms with van der Waals surface area (Å²) in [6.45, 7) is 2.53. The summed E-state index contributed by atoms with van der Waals surface area (Å²) >= 11 is 6.37. The highest BCUT2D eigenvalue weighted by Crippen LogP contribution is 2.31. The van der Waals surface area contributed by atoms with Crippen molar-refractivity contribution in [3.63, 3.8) is 0 Å². The Balaban J connectivity index is 1.60. The average molecular weight is 363 g/mol. The number of aromatic nitrogens is 4. The Morgan fingerprint density at radius 2 is 2.16 bits per heavy atom. The van der Waals surface area contributed by atoms with Crippen LogP contribution in [0.2, 0.25) is 5.02 Å². The number of likely N-dealkylation sites (N-methyl/N-ethyl adjacent to an activating group) is 1. The Bertz CT molecular complexity index is 764. The minimum Gasteiger partial charge on any atom is -0.390 e. The van der Waals surface area contributed by atoms with E-state index in [4.69, 9.17) is 11.6 Å². The quantitative estimate of drug-likeness (QED) is 0.866. The van der Waals surface area contributed by atoms with Crippen LogP contribution >= 0.6 is 11.6 Å². The molecule has 4 heterocycles. The number of likely N-dealkylation sites (tertiary alicyclic amines) is 1. The molecule has 4 rings (SSSR count). The van der Waals surface area contributed by atoms with Crippen molar-refractivity contribution >= 4 is 17.5 Å². The molecule has 0 aromatic carbocycles. The third kappa shape index (κ3) is 3.36. The summed E-state index contributed by atoms with van der Waals surface area (Å²) in [5.74, 6) is 0.503. The van der Waals surface area contributed by atoms with Gasteiger partial charge >= 0.3 is 0 Å². The number of aryl methyl sites for hydroxylation is 1. The van der Waals surface area contributed by atoms with Crippen LogP contribution in [0.5, 0.6) is 0 Å². The van der Waals surface area contributed by atoms with Gasteiger partial charge in [0.2, 0.25) is 5.95 Å². The molecule has 2 N–H and O–H groups in total. The maximum absolute atomic E-state index is 10.3. The summed E-state index contributed by atoms with van der Waals surface area (Å²) in [5, 5.41) is 18.5. The van der Waals surface area contributed by atoms with Gasteiger partial charge in [0.05, 0.1) is 35.3 Å². The Labute approximate surface area is 152 Å². The van der Waals surface area contributed by atoms with E-state index in [0.717, 1.165) is 44.3 Å². The van der Waals surface area contributed by atoms with Gasteiger partial charge in [0.1, 0.15) is 0 Å². The van der Waals surface area contributed by atoms with Crippen LogP contribution in [0.15, 0.2) is 12.4 Å². The number of aliphatic hydroxyl groups is 1. The minimum absolute atomic E-state index is 0.0497. The molecular formula is C17H23ClN6O. The molecule has 0 saturated carbocycles. The zero-order valence-electron chi connectivity index (χ0n) is 14.3. The lowest BCUT2D eigenvalue weighted by atomic mass is 10.0. The Kier molecular flexibility index (Phi) is 4.62. The molecule has 7 nitrogen and oxygen atoms in total. The lowest BCUT2D eigenvalue weighted by Crippen LogP contribution is -2.48. The fourth-order valence-corrected chi connectivity index (χ4v) is 3.86. The molecule has 2 aromatic heterocycles. The number of anilines is 1. The number of fused-ring (bicyclic) bond motifs is 1. The molecule has 0 amide bonds. The highest BCUT2D eigenvalue weighted by molar-refractivity contribution is 6.32. The fourth-order valence-electron chi connectivity index (χ4n) is 3.67. The van der Waals surface area contributed by atoms with Crippen LogP contribution < -0.4 is 5.32 Å². The molecule has 0 spiro atoms. The van der Waals surface area contributed by atoms with Crippen LogP contribution in [-0.2, 0) is 13.0 Å². The van der Waals surface area contributed by atoms with E-state index in [1.807, 2.05) is 17.9 Å². The number of rotatable bonds is 3. The van der Waals surface area contributed by atoms with Gasteiger partial charge in [-0.05, 0) is 39.3 Å². The topological polar surface area (TPSA) is 79.1 Å². The molecule has 1 fully saturated rings. The number of hydrogen-bond acceptors (Lipinski definition) is 6. The van der Waals surface area contributed by atoms with Crippen LogP contribution in [0.1, 0.15) is 25.0 Å². The molecular weight excluding hydrogens is 340 g/mol. The van der Waals surface area contributed by atoms with Gasteiger partial charge in [0.15, 0.2) is 0 Å². The summed E-state index contributed by atoms with van der Waals surface area (Å²) in [7, 11) is 2.01. The van der Waals surface area contributed by atoms with Crippen LogP contribution in [0.25, 0.3) is 11.3 Å². The minimum atomic E-state index is -0.439. The molecule has 0 bridgehead atoms. The highest BCUT2D eigenvalue weighted by Gasteiger charge is 2.27. The largest absolute Gasteiger partial charge is 0.390 e. The number of hydrogen-bond donors (Lipinski definition) is 2. The van der Waals surface area contributed by atoms with Gasteiger partial charge in [-0.15, -0.1) is 0 Å². The predicted molar refractivity (Wildman–Crippen MR) is 96.7 cm³/mol. The lowest BCUT2D eigenvalue weighted by Gasteiger charge is -2.34. The van der Waals surface area contributed by atoms with Crippen molar-refractivity contribution in [3.8, 4) is 11.3 Å². The lowest BCUT2D eigenvalue weighted by molar-refractivity contribution is 0.0726. The molecule has 0 unspecified atom stereocenters. The van der Waals surface area contributed by atoms with Crippen molar-refractivity contribution < 1.29 is 5.11 Å². The summed E-state index contributed by atoms with van der Waals surface area (Å²) in [5.41, 5.74) is 2.89. The molecule has 8 heteroatoms. The molecule has 25 heavy (non-hydrogen) atoms. The van der Waals surface area contributed by atoms with Crippen molar-refractivity contribution in [2.24, 2.45) is 0 Å². The van der Waals surface area contributed by atoms with Gasteiger partial charge in [-0.25, -0.2) is 9.97 Å². The van der Waals surface area contributed by atoms with Crippen LogP contribution in [0.4, 0.5) is 5.95 Å². The molecule has 0 aliphatic carbocycles. The van der Waals surface area contributed by atoms with E-state index >= 15 is 0 Å². The number of β-amino-alcohol motifs (C(OH)–C–C–N with tert-alkyl or cyclic N) is 1. The molecule has 0 radical (unpaired) electrons. The van der Waals surface area contributed by atoms with Gasteiger partial charge in [-0.2, -0.15) is 5.10 Å². The first kappa shape index (κ1) is 16.8. The summed E-state index contributed by atoms with van der Waals surface area (Å²) < 4.78 is 2.05. The van der Waals surface area contributed by atoms with Gasteiger partial charge in [-0.1, -0.05) is 11.6 Å². The van der Waals surface area contributed by atoms with Gasteiger partial charge in [0.25, 0.3) is 0 Å². The maximum atomic E-state index is 10.3. The normalized spacial score (nSPS) is 24.1. The Morgan fingerprint density at radius 3 is 3.00 bits per heavy atom. The monoisotopic (exact) mass is 362 g/mol. The van der Waals surface area contributed by atoms with Crippen molar-refractivity contribution in [2.75, 3.05) is 25.5 Å². The summed E-state index contributed by atoms with van der Waals surface area (Å²) in [4.78, 5) is 11.1. The second-order valence-corrected chi connectivity index (χ2v) is 7.35. The van der Waals surface area contributed by atoms with Crippen molar-refractivity contribution in [3.05, 3.63) is 23.1 Å². The zero-order chi connectivity index (χ0) is 17.4. The zero-order valence-corrected chi connectivity index (χ0v) is 15.1. The van der Waals surface area contributed by atoms with Crippen LogP contribution in [-0.4, -0.2) is 62.0 Å². The first-order valence-corrected chi connectivity index (χ1v) is 9.20. The average Bonchev–Trinajstić information content (AvgIpc) is 3.03. The molecule has 2 aromatic rings. The predicted octanol–water partition coefficient (Wildman–Crippen LogP) is 1.81. The SMILES string of the molecule is CN1CC[C@@H](Nc2ncc(Cl)c(-c3cnn4c3CCCC4)n2)[C@H](O)C1. The van der Waals surface area contributed by atoms with E-state index in [1.54, 1.807) is 6.20 Å². The van der Waals surface area contributed by atoms with E-state index in [0.29, 0.717) is 23.2 Å². The number of aliphatic hydroxyl groups excluding tert-OH is 1. The number of nitrogens with zero attached hydrogens (tertiary/aromatic N) is 5. The van der Waals surface area contributed by atoms with Crippen molar-refractivity contribution in [1.29, 1.82) is 0 Å². The summed E-state index contributed by atoms with van der Waals surface area (Å²) in [6, 6.07) is -0.0497. The summed E-state index contributed by atoms with van der Waals surface area (Å²) in [6.07, 6.45) is 7.20. The second kappa shape index (κ2) is 6.90. The first-order valence-electron chi connectivity index (χ1n) is 8.82. The highest BCUT2D eigenvalue weighted by atomic mass is 35.5. The van der Waals surface area contributed by atoms with E-state index in [-0.39, 0.29) is 6.04 Å². The number of piperidine rings is 1. The van der Waals surface area contributed by atoms with Gasteiger partial charge in [-0.3, -0.25) is 4.68 Å². The van der Waals surface area contributed by atoms with Crippen molar-refractivity contribution in [2.45, 2.75) is 44.4 Å². The standard InChI is InChI=1S/C17H23ClN6O/c1-23-7-5-13(15(25)10-23)21-17-19-9-12(18)16(22-17)11-8-20-24-6-3-2-4-14(11)24/h8-9,13,15,25H,2-7,10H2,1H3,(H,19,21,22)/t13-,15-/m1/s1. The first-order chi connectivity index (χ1) is 12.1. The fraction of sp³-hybridized carbons (Fsp3) is 0.588. The third-order valence-corrected chi connectivity index (χ3v) is 5.36.